The summed E-state index contributed by atoms with van der Waals surface area (Å²) in [7, 11) is 0. The van der Waals surface area contributed by atoms with Gasteiger partial charge in [-0.3, -0.25) is 5.01 Å². The van der Waals surface area contributed by atoms with E-state index in [1.54, 1.807) is 6.92 Å². The maximum atomic E-state index is 7.24. The van der Waals surface area contributed by atoms with Crippen molar-refractivity contribution in [3.8, 4) is 0 Å². The number of hydrogen-bond acceptors (Lipinski definition) is 3. The normalized spacial score (nSPS) is 16.5. The zero-order valence-electron chi connectivity index (χ0n) is 6.96. The van der Waals surface area contributed by atoms with Crippen molar-refractivity contribution in [2.24, 2.45) is 5.10 Å². The van der Waals surface area contributed by atoms with Crippen molar-refractivity contribution in [2.45, 2.75) is 13.8 Å². The van der Waals surface area contributed by atoms with Gasteiger partial charge >= 0.3 is 0 Å². The molecule has 0 aromatic heterocycles. The van der Waals surface area contributed by atoms with E-state index < -0.39 is 0 Å². The second kappa shape index (κ2) is 3.32. The van der Waals surface area contributed by atoms with Gasteiger partial charge in [0.1, 0.15) is 0 Å². The van der Waals surface area contributed by atoms with Gasteiger partial charge < -0.3 is 5.41 Å². The molecule has 0 bridgehead atoms. The summed E-state index contributed by atoms with van der Waals surface area (Å²) in [5, 5.41) is 13.3. The number of allylic oxidation sites excluding steroid dienone is 1. The largest absolute Gasteiger partial charge is 0.308 e. The maximum absolute atomic E-state index is 7.24. The molecule has 0 saturated carbocycles. The van der Waals surface area contributed by atoms with Crippen LogP contribution < -0.4 is 0 Å². The molecule has 0 amide bonds. The molecule has 60 valence electrons. The summed E-state index contributed by atoms with van der Waals surface area (Å²) in [5.74, 6) is 0. The van der Waals surface area contributed by atoms with Gasteiger partial charge in [0.2, 0.25) is 0 Å². The molecule has 1 aliphatic heterocycles. The van der Waals surface area contributed by atoms with Crippen LogP contribution in [-0.2, 0) is 0 Å². The molecule has 0 saturated heterocycles. The maximum Gasteiger partial charge on any atom is 0.0737 e. The van der Waals surface area contributed by atoms with E-state index in [-0.39, 0.29) is 0 Å². The Bertz CT molecular complexity index is 215. The van der Waals surface area contributed by atoms with E-state index in [9.17, 15) is 0 Å². The van der Waals surface area contributed by atoms with E-state index >= 15 is 0 Å². The Morgan fingerprint density at radius 1 is 1.82 bits per heavy atom. The van der Waals surface area contributed by atoms with Crippen LogP contribution in [0.4, 0.5) is 0 Å². The Labute approximate surface area is 66.9 Å². The van der Waals surface area contributed by atoms with Gasteiger partial charge in [0.05, 0.1) is 13.1 Å². The van der Waals surface area contributed by atoms with Crippen LogP contribution in [0.3, 0.4) is 0 Å². The minimum Gasteiger partial charge on any atom is -0.308 e. The van der Waals surface area contributed by atoms with Crippen LogP contribution in [-0.4, -0.2) is 30.0 Å². The van der Waals surface area contributed by atoms with E-state index in [4.69, 9.17) is 5.41 Å². The molecule has 1 heterocycles. The van der Waals surface area contributed by atoms with Crippen LogP contribution in [0, 0.1) is 5.41 Å². The highest BCUT2D eigenvalue weighted by Crippen LogP contribution is 2.00. The van der Waals surface area contributed by atoms with Gasteiger partial charge in [-0.05, 0) is 19.4 Å². The van der Waals surface area contributed by atoms with Gasteiger partial charge in [-0.25, -0.2) is 0 Å². The molecule has 3 nitrogen and oxygen atoms in total. The Kier molecular flexibility index (Phi) is 2.41. The average molecular weight is 151 g/mol. The lowest BCUT2D eigenvalue weighted by Crippen LogP contribution is -2.25. The molecular weight excluding hydrogens is 138 g/mol. The molecule has 0 radical (unpaired) electrons. The zero-order chi connectivity index (χ0) is 8.27. The summed E-state index contributed by atoms with van der Waals surface area (Å²) in [6.45, 7) is 5.29. The molecule has 0 fully saturated rings. The molecule has 1 rings (SSSR count). The molecule has 0 aliphatic carbocycles. The van der Waals surface area contributed by atoms with Crippen molar-refractivity contribution < 1.29 is 0 Å². The first kappa shape index (κ1) is 7.98. The molecule has 11 heavy (non-hydrogen) atoms. The monoisotopic (exact) mass is 151 g/mol. The van der Waals surface area contributed by atoms with Gasteiger partial charge in [-0.15, -0.1) is 0 Å². The summed E-state index contributed by atoms with van der Waals surface area (Å²) >= 11 is 0. The van der Waals surface area contributed by atoms with E-state index in [0.29, 0.717) is 12.3 Å². The number of nitrogens with zero attached hydrogens (tertiary/aromatic N) is 2. The first-order valence-corrected chi connectivity index (χ1v) is 3.68. The molecule has 0 aromatic rings. The second-order valence-electron chi connectivity index (χ2n) is 2.82. The van der Waals surface area contributed by atoms with Gasteiger partial charge in [-0.2, -0.15) is 5.10 Å². The fourth-order valence-electron chi connectivity index (χ4n) is 0.901. The van der Waals surface area contributed by atoms with Crippen molar-refractivity contribution in [3.63, 3.8) is 0 Å². The molecule has 0 unspecified atom stereocenters. The molecule has 3 heteroatoms. The smallest absolute Gasteiger partial charge is 0.0737 e. The zero-order valence-corrected chi connectivity index (χ0v) is 6.96. The fourth-order valence-corrected chi connectivity index (χ4v) is 0.901. The van der Waals surface area contributed by atoms with Crippen molar-refractivity contribution in [2.75, 3.05) is 13.1 Å². The molecule has 0 atom stereocenters. The van der Waals surface area contributed by atoms with Crippen LogP contribution in [0.5, 0.6) is 0 Å². The first-order valence-electron chi connectivity index (χ1n) is 3.68. The third-order valence-corrected chi connectivity index (χ3v) is 1.47. The van der Waals surface area contributed by atoms with Crippen molar-refractivity contribution in [1.29, 1.82) is 5.41 Å². The third-order valence-electron chi connectivity index (χ3n) is 1.47. The van der Waals surface area contributed by atoms with Crippen LogP contribution in [0.25, 0.3) is 0 Å². The lowest BCUT2D eigenvalue weighted by Gasteiger charge is -2.19. The highest BCUT2D eigenvalue weighted by molar-refractivity contribution is 5.82. The van der Waals surface area contributed by atoms with Crippen LogP contribution in [0.2, 0.25) is 0 Å². The van der Waals surface area contributed by atoms with Crippen molar-refractivity contribution >= 4 is 11.9 Å². The minimum absolute atomic E-state index is 0.639. The average Bonchev–Trinajstić information content (AvgIpc) is 1.93. The quantitative estimate of drug-likeness (QED) is 0.593. The van der Waals surface area contributed by atoms with Crippen molar-refractivity contribution in [3.05, 3.63) is 11.6 Å². The second-order valence-corrected chi connectivity index (χ2v) is 2.82. The Hall–Kier alpha value is -1.12. The number of nitrogens with one attached hydrogen (secondary N) is 1. The number of hydrogen-bond donors (Lipinski definition) is 1. The molecule has 0 spiro atoms. The highest BCUT2D eigenvalue weighted by atomic mass is 15.4. The topological polar surface area (TPSA) is 39.5 Å². The van der Waals surface area contributed by atoms with Gasteiger partial charge in [-0.1, -0.05) is 6.08 Å². The Morgan fingerprint density at radius 2 is 2.55 bits per heavy atom. The lowest BCUT2D eigenvalue weighted by atomic mass is 10.3. The summed E-state index contributed by atoms with van der Waals surface area (Å²) in [6.07, 6.45) is 3.93. The molecule has 0 aromatic carbocycles. The van der Waals surface area contributed by atoms with Crippen LogP contribution in [0.15, 0.2) is 16.8 Å². The van der Waals surface area contributed by atoms with Crippen molar-refractivity contribution in [1.82, 2.24) is 5.01 Å². The molecule has 1 N–H and O–H groups in total. The summed E-state index contributed by atoms with van der Waals surface area (Å²) in [5.41, 5.74) is 1.85. The van der Waals surface area contributed by atoms with Gasteiger partial charge in [0, 0.05) is 11.9 Å². The predicted octanol–water partition coefficient (Wildman–Crippen LogP) is 1.27. The molecule has 1 aliphatic rings. The highest BCUT2D eigenvalue weighted by Gasteiger charge is 2.02. The van der Waals surface area contributed by atoms with E-state index in [2.05, 4.69) is 11.2 Å². The fraction of sp³-hybridized carbons (Fsp3) is 0.500. The predicted molar refractivity (Wildman–Crippen MR) is 47.2 cm³/mol. The number of hydrazone groups is 1. The standard InChI is InChI=1S/C8H13N3/c1-7-3-4-11(10-5-7)6-8(2)9/h3,5,9H,4,6H2,1-2H3. The van der Waals surface area contributed by atoms with E-state index in [0.717, 1.165) is 6.54 Å². The summed E-state index contributed by atoms with van der Waals surface area (Å²) < 4.78 is 0. The Morgan fingerprint density at radius 3 is 3.00 bits per heavy atom. The van der Waals surface area contributed by atoms with Gasteiger partial charge in [0.25, 0.3) is 0 Å². The SMILES string of the molecule is CC(=N)CN1CC=C(C)C=N1. The lowest BCUT2D eigenvalue weighted by molar-refractivity contribution is 0.363. The van der Waals surface area contributed by atoms with Crippen LogP contribution >= 0.6 is 0 Å². The van der Waals surface area contributed by atoms with Crippen LogP contribution in [0.1, 0.15) is 13.8 Å². The molecular formula is C8H13N3. The van der Waals surface area contributed by atoms with Gasteiger partial charge in [0.15, 0.2) is 0 Å². The van der Waals surface area contributed by atoms with E-state index in [1.165, 1.54) is 5.57 Å². The number of rotatable bonds is 2. The van der Waals surface area contributed by atoms with E-state index in [1.807, 2.05) is 18.1 Å². The Balaban J connectivity index is 2.43. The summed E-state index contributed by atoms with van der Waals surface area (Å²) in [4.78, 5) is 0. The third kappa shape index (κ3) is 2.53. The first-order chi connectivity index (χ1) is 5.18. The summed E-state index contributed by atoms with van der Waals surface area (Å²) in [6, 6.07) is 0. The minimum atomic E-state index is 0.639.